The van der Waals surface area contributed by atoms with Crippen molar-refractivity contribution in [2.24, 2.45) is 0 Å². The normalized spacial score (nSPS) is 13.7. The van der Waals surface area contributed by atoms with Gasteiger partial charge in [-0.3, -0.25) is 10.1 Å². The molecule has 0 aliphatic rings. The summed E-state index contributed by atoms with van der Waals surface area (Å²) in [4.78, 5) is 11.2. The summed E-state index contributed by atoms with van der Waals surface area (Å²) in [6.07, 6.45) is 0.173. The van der Waals surface area contributed by atoms with Crippen LogP contribution in [0.25, 0.3) is 10.8 Å². The Balaban J connectivity index is 1.78. The van der Waals surface area contributed by atoms with Crippen LogP contribution in [0.3, 0.4) is 0 Å². The minimum absolute atomic E-state index is 0.0539. The zero-order chi connectivity index (χ0) is 22.6. The summed E-state index contributed by atoms with van der Waals surface area (Å²) in [5.41, 5.74) is -1.56. The van der Waals surface area contributed by atoms with Crippen LogP contribution in [-0.4, -0.2) is 34.1 Å². The molecule has 3 aromatic rings. The van der Waals surface area contributed by atoms with E-state index in [0.29, 0.717) is 13.0 Å². The third kappa shape index (κ3) is 5.40. The van der Waals surface area contributed by atoms with Gasteiger partial charge < -0.3 is 14.9 Å². The van der Waals surface area contributed by atoms with Gasteiger partial charge in [-0.15, -0.1) is 0 Å². The van der Waals surface area contributed by atoms with E-state index < -0.39 is 29.5 Å². The number of nitrogens with one attached hydrogen (secondary N) is 1. The van der Waals surface area contributed by atoms with Gasteiger partial charge in [0, 0.05) is 12.1 Å². The molecule has 3 rings (SSSR count). The number of halogens is 1. The standard InChI is InChI=1S/C25H28FNO4/c1-24(2,30)25(3,31-22-10-6-9-21(26)20(22)16-23(28)29)27-14-13-17-11-12-18-7-4-5-8-19(18)15-17/h4-12,15,27,30H,13-14,16H2,1-3H3,(H,28,29). The molecule has 0 spiro atoms. The monoisotopic (exact) mass is 425 g/mol. The number of ether oxygens (including phenoxy) is 1. The molecule has 164 valence electrons. The molecule has 0 aliphatic heterocycles. The number of fused-ring (bicyclic) bond motifs is 1. The van der Waals surface area contributed by atoms with E-state index in [-0.39, 0.29) is 11.3 Å². The molecule has 0 saturated heterocycles. The zero-order valence-corrected chi connectivity index (χ0v) is 18.0. The summed E-state index contributed by atoms with van der Waals surface area (Å²) >= 11 is 0. The van der Waals surface area contributed by atoms with Crippen molar-refractivity contribution >= 4 is 16.7 Å². The molecule has 0 aromatic heterocycles. The topological polar surface area (TPSA) is 78.8 Å². The molecular weight excluding hydrogens is 397 g/mol. The zero-order valence-electron chi connectivity index (χ0n) is 18.0. The number of carboxylic acids is 1. The molecule has 5 nitrogen and oxygen atoms in total. The minimum Gasteiger partial charge on any atom is -0.481 e. The van der Waals surface area contributed by atoms with Crippen LogP contribution in [0.2, 0.25) is 0 Å². The van der Waals surface area contributed by atoms with E-state index in [1.807, 2.05) is 12.1 Å². The van der Waals surface area contributed by atoms with Gasteiger partial charge in [-0.2, -0.15) is 0 Å². The number of benzene rings is 3. The highest BCUT2D eigenvalue weighted by Gasteiger charge is 2.42. The molecule has 0 fully saturated rings. The van der Waals surface area contributed by atoms with Crippen molar-refractivity contribution in [1.29, 1.82) is 0 Å². The van der Waals surface area contributed by atoms with Crippen molar-refractivity contribution in [3.63, 3.8) is 0 Å². The molecule has 3 aromatic carbocycles. The highest BCUT2D eigenvalue weighted by molar-refractivity contribution is 5.83. The first-order valence-electron chi connectivity index (χ1n) is 10.2. The first-order chi connectivity index (χ1) is 14.6. The predicted molar refractivity (Wildman–Crippen MR) is 119 cm³/mol. The lowest BCUT2D eigenvalue weighted by Crippen LogP contribution is -2.62. The molecule has 0 radical (unpaired) electrons. The third-order valence-corrected chi connectivity index (χ3v) is 5.58. The second-order valence-electron chi connectivity index (χ2n) is 8.34. The quantitative estimate of drug-likeness (QED) is 0.446. The van der Waals surface area contributed by atoms with Crippen molar-refractivity contribution in [3.8, 4) is 5.75 Å². The largest absolute Gasteiger partial charge is 0.481 e. The van der Waals surface area contributed by atoms with Crippen LogP contribution in [0.1, 0.15) is 31.9 Å². The third-order valence-electron chi connectivity index (χ3n) is 5.58. The van der Waals surface area contributed by atoms with E-state index in [2.05, 4.69) is 35.6 Å². The van der Waals surface area contributed by atoms with E-state index in [4.69, 9.17) is 9.84 Å². The van der Waals surface area contributed by atoms with Gasteiger partial charge in [-0.1, -0.05) is 48.5 Å². The summed E-state index contributed by atoms with van der Waals surface area (Å²) < 4.78 is 20.3. The summed E-state index contributed by atoms with van der Waals surface area (Å²) in [6.45, 7) is 5.34. The molecular formula is C25H28FNO4. The summed E-state index contributed by atoms with van der Waals surface area (Å²) in [6, 6.07) is 18.5. The maximum atomic E-state index is 14.3. The molecule has 0 aliphatic carbocycles. The van der Waals surface area contributed by atoms with Crippen molar-refractivity contribution < 1.29 is 24.1 Å². The number of aliphatic carboxylic acids is 1. The second-order valence-corrected chi connectivity index (χ2v) is 8.34. The molecule has 0 bridgehead atoms. The van der Waals surface area contributed by atoms with E-state index in [9.17, 15) is 14.3 Å². The highest BCUT2D eigenvalue weighted by Crippen LogP contribution is 2.30. The molecule has 0 saturated carbocycles. The molecule has 31 heavy (non-hydrogen) atoms. The SMILES string of the molecule is CC(C)(O)C(C)(NCCc1ccc2ccccc2c1)Oc1cccc(F)c1CC(=O)O. The Labute approximate surface area is 181 Å². The second kappa shape index (κ2) is 9.04. The summed E-state index contributed by atoms with van der Waals surface area (Å²) in [5.74, 6) is -1.73. The van der Waals surface area contributed by atoms with E-state index in [0.717, 1.165) is 10.9 Å². The summed E-state index contributed by atoms with van der Waals surface area (Å²) in [7, 11) is 0. The lowest BCUT2D eigenvalue weighted by Gasteiger charge is -2.41. The lowest BCUT2D eigenvalue weighted by atomic mass is 9.95. The first-order valence-corrected chi connectivity index (χ1v) is 10.2. The fraction of sp³-hybridized carbons (Fsp3) is 0.320. The number of rotatable bonds is 9. The lowest BCUT2D eigenvalue weighted by molar-refractivity contribution is -0.136. The van der Waals surface area contributed by atoms with Crippen LogP contribution >= 0.6 is 0 Å². The molecule has 3 N–H and O–H groups in total. The molecule has 1 unspecified atom stereocenters. The van der Waals surface area contributed by atoms with Gasteiger partial charge in [0.2, 0.25) is 0 Å². The smallest absolute Gasteiger partial charge is 0.308 e. The predicted octanol–water partition coefficient (Wildman–Crippen LogP) is 4.30. The van der Waals surface area contributed by atoms with Crippen LogP contribution in [0.4, 0.5) is 4.39 Å². The molecule has 1 atom stereocenters. The Hall–Kier alpha value is -2.96. The molecule has 0 heterocycles. The fourth-order valence-corrected chi connectivity index (χ4v) is 3.39. The van der Waals surface area contributed by atoms with E-state index in [1.165, 1.54) is 23.6 Å². The Kier molecular flexibility index (Phi) is 6.62. The minimum atomic E-state index is -1.34. The van der Waals surface area contributed by atoms with Gasteiger partial charge in [-0.25, -0.2) is 4.39 Å². The number of carboxylic acid groups (broad SMARTS) is 1. The van der Waals surface area contributed by atoms with Gasteiger partial charge in [0.25, 0.3) is 0 Å². The van der Waals surface area contributed by atoms with Crippen LogP contribution < -0.4 is 10.1 Å². The van der Waals surface area contributed by atoms with Crippen molar-refractivity contribution in [3.05, 3.63) is 77.6 Å². The molecule has 6 heteroatoms. The van der Waals surface area contributed by atoms with Gasteiger partial charge in [0.05, 0.1) is 6.42 Å². The molecule has 0 amide bonds. The maximum Gasteiger partial charge on any atom is 0.308 e. The maximum absolute atomic E-state index is 14.3. The van der Waals surface area contributed by atoms with Gasteiger partial charge >= 0.3 is 5.97 Å². The number of aliphatic hydroxyl groups is 1. The van der Waals surface area contributed by atoms with Gasteiger partial charge in [0.1, 0.15) is 17.2 Å². The Morgan fingerprint density at radius 2 is 1.74 bits per heavy atom. The van der Waals surface area contributed by atoms with Crippen LogP contribution in [-0.2, 0) is 17.6 Å². The van der Waals surface area contributed by atoms with Gasteiger partial charge in [-0.05, 0) is 55.7 Å². The van der Waals surface area contributed by atoms with Crippen LogP contribution in [0.15, 0.2) is 60.7 Å². The van der Waals surface area contributed by atoms with E-state index >= 15 is 0 Å². The fourth-order valence-electron chi connectivity index (χ4n) is 3.39. The average molecular weight is 426 g/mol. The first kappa shape index (κ1) is 22.7. The van der Waals surface area contributed by atoms with E-state index in [1.54, 1.807) is 20.8 Å². The Bertz CT molecular complexity index is 1080. The Morgan fingerprint density at radius 3 is 2.42 bits per heavy atom. The Morgan fingerprint density at radius 1 is 1.03 bits per heavy atom. The van der Waals surface area contributed by atoms with Crippen molar-refractivity contribution in [2.75, 3.05) is 6.54 Å². The average Bonchev–Trinajstić information content (AvgIpc) is 2.69. The highest BCUT2D eigenvalue weighted by atomic mass is 19.1. The summed E-state index contributed by atoms with van der Waals surface area (Å²) in [5, 5.41) is 25.5. The number of carbonyl (C=O) groups is 1. The number of hydrogen-bond acceptors (Lipinski definition) is 4. The van der Waals surface area contributed by atoms with Crippen molar-refractivity contribution in [2.45, 2.75) is 44.9 Å². The van der Waals surface area contributed by atoms with Gasteiger partial charge in [0.15, 0.2) is 5.72 Å². The van der Waals surface area contributed by atoms with Crippen molar-refractivity contribution in [1.82, 2.24) is 5.32 Å². The van der Waals surface area contributed by atoms with Crippen LogP contribution in [0.5, 0.6) is 5.75 Å². The van der Waals surface area contributed by atoms with Crippen LogP contribution in [0, 0.1) is 5.82 Å². The number of hydrogen-bond donors (Lipinski definition) is 3.